The van der Waals surface area contributed by atoms with Gasteiger partial charge in [-0.15, -0.1) is 0 Å². The Balaban J connectivity index is 0.000000160. The molecule has 2 aliphatic carbocycles. The summed E-state index contributed by atoms with van der Waals surface area (Å²) >= 11 is 3.40. The fourth-order valence-electron chi connectivity index (χ4n) is 10.6. The number of nitriles is 1. The number of ether oxygens (including phenoxy) is 2. The number of aromatic nitrogens is 6. The molecule has 2 saturated carbocycles. The molecule has 10 rings (SSSR count). The van der Waals surface area contributed by atoms with Crippen molar-refractivity contribution < 1.29 is 19.1 Å². The van der Waals surface area contributed by atoms with Gasteiger partial charge in [0.25, 0.3) is 0 Å². The summed E-state index contributed by atoms with van der Waals surface area (Å²) in [6.45, 7) is 7.87. The molecule has 4 fully saturated rings. The van der Waals surface area contributed by atoms with E-state index >= 15 is 0 Å². The molecule has 6 aromatic rings. The number of hydrogen-bond acceptors (Lipinski definition) is 9. The zero-order chi connectivity index (χ0) is 44.2. The molecular weight excluding hydrogens is 866 g/mol. The van der Waals surface area contributed by atoms with Crippen LogP contribution in [0.25, 0.3) is 22.3 Å². The molecular formula is C47H50BrN9O6. The lowest BCUT2D eigenvalue weighted by atomic mass is 9.86. The zero-order valence-electron chi connectivity index (χ0n) is 35.7. The van der Waals surface area contributed by atoms with Crippen molar-refractivity contribution in [2.24, 2.45) is 0 Å². The summed E-state index contributed by atoms with van der Waals surface area (Å²) in [5.74, 6) is 0. The van der Waals surface area contributed by atoms with Gasteiger partial charge in [0.15, 0.2) is 11.3 Å². The molecule has 6 heterocycles. The first kappa shape index (κ1) is 42.1. The van der Waals surface area contributed by atoms with Crippen LogP contribution in [0.2, 0.25) is 0 Å². The minimum Gasteiger partial charge on any atom is -0.441 e. The first-order valence-electron chi connectivity index (χ1n) is 21.6. The van der Waals surface area contributed by atoms with Crippen molar-refractivity contribution >= 4 is 50.4 Å². The number of carbonyl (C=O) groups is 2. The summed E-state index contributed by atoms with van der Waals surface area (Å²) in [6.07, 6.45) is 8.97. The summed E-state index contributed by atoms with van der Waals surface area (Å²) < 4.78 is 15.9. The SMILES string of the molecule is CC1(C)OC(=O)N(C2CCC(n3c(=O)[nH]c4cc(Br)cnc43)CC2)[C@H]1c1ccccc1.CC1(C)OC(=O)N(C2CCC(n3c(=O)[nH]c4cc(C#N)cnc43)CC2)[C@H]1c1ccccc1. The highest BCUT2D eigenvalue weighted by atomic mass is 79.9. The van der Waals surface area contributed by atoms with Crippen LogP contribution >= 0.6 is 15.9 Å². The molecule has 63 heavy (non-hydrogen) atoms. The van der Waals surface area contributed by atoms with Crippen LogP contribution in [-0.2, 0) is 9.47 Å². The van der Waals surface area contributed by atoms with Crippen molar-refractivity contribution in [1.82, 2.24) is 38.9 Å². The van der Waals surface area contributed by atoms with Crippen molar-refractivity contribution in [1.29, 1.82) is 5.26 Å². The lowest BCUT2D eigenvalue weighted by molar-refractivity contribution is 0.0654. The van der Waals surface area contributed by atoms with Crippen LogP contribution in [0.15, 0.2) is 99.3 Å². The molecule has 2 saturated heterocycles. The lowest BCUT2D eigenvalue weighted by Gasteiger charge is -2.38. The number of halogens is 1. The van der Waals surface area contributed by atoms with Gasteiger partial charge < -0.3 is 19.4 Å². The minimum atomic E-state index is -0.620. The molecule has 0 spiro atoms. The molecule has 0 radical (unpaired) electrons. The predicted molar refractivity (Wildman–Crippen MR) is 239 cm³/mol. The Labute approximate surface area is 372 Å². The molecule has 2 N–H and O–H groups in total. The van der Waals surface area contributed by atoms with Gasteiger partial charge in [0, 0.05) is 41.0 Å². The lowest BCUT2D eigenvalue weighted by Crippen LogP contribution is -2.43. The summed E-state index contributed by atoms with van der Waals surface area (Å²) in [4.78, 5) is 69.4. The maximum Gasteiger partial charge on any atom is 0.411 e. The van der Waals surface area contributed by atoms with Crippen molar-refractivity contribution in [2.45, 2.75) is 127 Å². The number of carbonyl (C=O) groups excluding carboxylic acids is 2. The average Bonchev–Trinajstić information content (AvgIpc) is 3.94. The largest absolute Gasteiger partial charge is 0.441 e. The molecule has 326 valence electrons. The molecule has 16 heteroatoms. The molecule has 15 nitrogen and oxygen atoms in total. The maximum absolute atomic E-state index is 12.9. The van der Waals surface area contributed by atoms with Gasteiger partial charge in [0.2, 0.25) is 0 Å². The summed E-state index contributed by atoms with van der Waals surface area (Å²) in [5, 5.41) is 9.09. The van der Waals surface area contributed by atoms with Gasteiger partial charge in [0.1, 0.15) is 17.3 Å². The highest BCUT2D eigenvalue weighted by Crippen LogP contribution is 2.47. The molecule has 2 amide bonds. The monoisotopic (exact) mass is 915 g/mol. The Kier molecular flexibility index (Phi) is 11.0. The van der Waals surface area contributed by atoms with E-state index in [0.717, 1.165) is 72.5 Å². The van der Waals surface area contributed by atoms with Crippen molar-refractivity contribution in [3.8, 4) is 6.07 Å². The van der Waals surface area contributed by atoms with Gasteiger partial charge >= 0.3 is 23.6 Å². The molecule has 4 aliphatic rings. The minimum absolute atomic E-state index is 0.00487. The van der Waals surface area contributed by atoms with Crippen molar-refractivity contribution in [3.63, 3.8) is 0 Å². The zero-order valence-corrected chi connectivity index (χ0v) is 37.2. The number of nitrogens with zero attached hydrogens (tertiary/aromatic N) is 7. The van der Waals surface area contributed by atoms with Crippen LogP contribution in [-0.4, -0.2) is 74.3 Å². The normalized spacial score (nSPS) is 25.3. The number of fused-ring (bicyclic) bond motifs is 2. The number of nitrogens with one attached hydrogen (secondary N) is 2. The third-order valence-electron chi connectivity index (χ3n) is 13.3. The third kappa shape index (κ3) is 7.81. The van der Waals surface area contributed by atoms with Crippen LogP contribution in [0, 0.1) is 11.3 Å². The third-order valence-corrected chi connectivity index (χ3v) is 13.7. The molecule has 2 aromatic carbocycles. The first-order chi connectivity index (χ1) is 30.2. The van der Waals surface area contributed by atoms with Gasteiger partial charge in [-0.3, -0.25) is 18.9 Å². The molecule has 2 aliphatic heterocycles. The summed E-state index contributed by atoms with van der Waals surface area (Å²) in [5.41, 5.74) is 3.56. The van der Waals surface area contributed by atoms with Gasteiger partial charge in [0.05, 0.1) is 28.7 Å². The number of amides is 2. The molecule has 0 bridgehead atoms. The maximum atomic E-state index is 12.9. The van der Waals surface area contributed by atoms with E-state index in [4.69, 9.17) is 14.7 Å². The average molecular weight is 917 g/mol. The van der Waals surface area contributed by atoms with Crippen LogP contribution in [0.3, 0.4) is 0 Å². The molecule has 4 aromatic heterocycles. The van der Waals surface area contributed by atoms with E-state index in [9.17, 15) is 19.2 Å². The Bertz CT molecular complexity index is 2830. The van der Waals surface area contributed by atoms with Crippen LogP contribution in [0.1, 0.15) is 120 Å². The van der Waals surface area contributed by atoms with Gasteiger partial charge in [-0.1, -0.05) is 60.7 Å². The number of pyridine rings is 2. The van der Waals surface area contributed by atoms with Gasteiger partial charge in [-0.25, -0.2) is 29.1 Å². The van der Waals surface area contributed by atoms with E-state index < -0.39 is 11.2 Å². The molecule has 2 atom stereocenters. The van der Waals surface area contributed by atoms with E-state index in [2.05, 4.69) is 48.0 Å². The second-order valence-electron chi connectivity index (χ2n) is 18.1. The van der Waals surface area contributed by atoms with E-state index in [1.807, 2.05) is 98.2 Å². The predicted octanol–water partition coefficient (Wildman–Crippen LogP) is 8.99. The Hall–Kier alpha value is -6.21. The standard InChI is InChI=1S/C24H25N5O3.C23H25BrN4O3/c1-24(2)20(16-6-4-3-5-7-16)28(23(31)32-24)17-8-10-18(11-9-17)29-21-19(27-22(29)30)12-15(13-25)14-26-21;1-23(2)19(14-6-4-3-5-7-14)27(22(30)31-23)16-8-10-17(11-9-16)28-20-18(26-21(28)29)12-15(24)13-25-20/h3-7,12,14,17-18,20H,8-11H2,1-2H3,(H,27,30);3-7,12-13,16-17,19H,8-11H2,1-2H3,(H,26,29)/t17?,18?,20-;16?,17?,19-/m00/s1. The summed E-state index contributed by atoms with van der Waals surface area (Å²) in [6, 6.07) is 25.6. The van der Waals surface area contributed by atoms with Crippen LogP contribution in [0.5, 0.6) is 0 Å². The number of hydrogen-bond donors (Lipinski definition) is 2. The van der Waals surface area contributed by atoms with E-state index in [1.165, 1.54) is 6.20 Å². The summed E-state index contributed by atoms with van der Waals surface area (Å²) in [7, 11) is 0. The Morgan fingerprint density at radius 2 is 1.02 bits per heavy atom. The topological polar surface area (TPSA) is 184 Å². The van der Waals surface area contributed by atoms with E-state index in [0.29, 0.717) is 22.4 Å². The van der Waals surface area contributed by atoms with E-state index in [-0.39, 0.29) is 59.8 Å². The quantitative estimate of drug-likeness (QED) is 0.165. The van der Waals surface area contributed by atoms with Gasteiger partial charge in [-0.05, 0) is 118 Å². The second kappa shape index (κ2) is 16.5. The molecule has 0 unspecified atom stereocenters. The van der Waals surface area contributed by atoms with Crippen LogP contribution in [0.4, 0.5) is 9.59 Å². The van der Waals surface area contributed by atoms with Crippen LogP contribution < -0.4 is 11.4 Å². The Morgan fingerprint density at radius 1 is 0.619 bits per heavy atom. The Morgan fingerprint density at radius 3 is 1.44 bits per heavy atom. The van der Waals surface area contributed by atoms with Crippen molar-refractivity contribution in [2.75, 3.05) is 0 Å². The highest BCUT2D eigenvalue weighted by molar-refractivity contribution is 9.10. The number of imidazole rings is 2. The number of aromatic amines is 2. The number of benzene rings is 2. The number of cyclic esters (lactones) is 2. The highest BCUT2D eigenvalue weighted by Gasteiger charge is 2.53. The second-order valence-corrected chi connectivity index (χ2v) is 19.1. The van der Waals surface area contributed by atoms with E-state index in [1.54, 1.807) is 21.4 Å². The number of rotatable bonds is 6. The fourth-order valence-corrected chi connectivity index (χ4v) is 10.9. The first-order valence-corrected chi connectivity index (χ1v) is 22.4. The fraction of sp³-hybridized carbons (Fsp3) is 0.426. The smallest absolute Gasteiger partial charge is 0.411 e. The van der Waals surface area contributed by atoms with Gasteiger partial charge in [-0.2, -0.15) is 5.26 Å². The van der Waals surface area contributed by atoms with Crippen molar-refractivity contribution in [3.05, 3.63) is 127 Å². The number of H-pyrrole nitrogens is 2.